The predicted molar refractivity (Wildman–Crippen MR) is 101 cm³/mol. The summed E-state index contributed by atoms with van der Waals surface area (Å²) in [6.07, 6.45) is 0.546. The van der Waals surface area contributed by atoms with Gasteiger partial charge in [0.1, 0.15) is 5.82 Å². The number of methoxy groups -OCH3 is 1. The Morgan fingerprint density at radius 1 is 1.11 bits per heavy atom. The molecule has 2 aromatic rings. The van der Waals surface area contributed by atoms with Crippen LogP contribution in [0.4, 0.5) is 4.39 Å². The monoisotopic (exact) mass is 384 g/mol. The molecule has 1 aliphatic heterocycles. The third-order valence-electron chi connectivity index (χ3n) is 4.68. The second kappa shape index (κ2) is 8.31. The molecule has 1 aliphatic rings. The van der Waals surface area contributed by atoms with Gasteiger partial charge in [0.05, 0.1) is 17.2 Å². The third kappa shape index (κ3) is 3.94. The molecule has 1 N–H and O–H groups in total. The number of benzene rings is 2. The van der Waals surface area contributed by atoms with Crippen LogP contribution >= 0.6 is 0 Å². The maximum absolute atomic E-state index is 13.0. The Balaban J connectivity index is 1.73. The van der Waals surface area contributed by atoms with Crippen LogP contribution in [0, 0.1) is 5.82 Å². The number of hydrogen-bond donors (Lipinski definition) is 1. The van der Waals surface area contributed by atoms with Gasteiger partial charge in [-0.25, -0.2) is 4.39 Å². The number of imide groups is 1. The van der Waals surface area contributed by atoms with E-state index in [1.54, 1.807) is 26.2 Å². The van der Waals surface area contributed by atoms with E-state index in [9.17, 15) is 18.8 Å². The Kier molecular flexibility index (Phi) is 5.84. The number of rotatable bonds is 7. The molecule has 6 nitrogen and oxygen atoms in total. The fourth-order valence-electron chi connectivity index (χ4n) is 3.12. The van der Waals surface area contributed by atoms with Gasteiger partial charge in [-0.2, -0.15) is 0 Å². The van der Waals surface area contributed by atoms with Crippen molar-refractivity contribution in [3.63, 3.8) is 0 Å². The van der Waals surface area contributed by atoms with Gasteiger partial charge in [0.25, 0.3) is 17.7 Å². The lowest BCUT2D eigenvalue weighted by molar-refractivity contribution is 0.0638. The van der Waals surface area contributed by atoms with E-state index in [1.165, 1.54) is 35.2 Å². The Labute approximate surface area is 162 Å². The van der Waals surface area contributed by atoms with Crippen LogP contribution in [0.1, 0.15) is 56.0 Å². The van der Waals surface area contributed by atoms with Crippen molar-refractivity contribution in [2.24, 2.45) is 0 Å². The number of fused-ring (bicyclic) bond motifs is 1. The highest BCUT2D eigenvalue weighted by molar-refractivity contribution is 6.22. The second-order valence-corrected chi connectivity index (χ2v) is 6.62. The van der Waals surface area contributed by atoms with Crippen molar-refractivity contribution in [2.75, 3.05) is 20.3 Å². The van der Waals surface area contributed by atoms with Crippen LogP contribution in [0.5, 0.6) is 0 Å². The van der Waals surface area contributed by atoms with Crippen molar-refractivity contribution in [1.82, 2.24) is 10.2 Å². The summed E-state index contributed by atoms with van der Waals surface area (Å²) in [7, 11) is 1.56. The number of ether oxygens (including phenoxy) is 1. The Bertz CT molecular complexity index is 911. The highest BCUT2D eigenvalue weighted by Gasteiger charge is 2.35. The summed E-state index contributed by atoms with van der Waals surface area (Å²) in [6, 6.07) is 9.99. The molecule has 2 aromatic carbocycles. The van der Waals surface area contributed by atoms with Crippen LogP contribution in [-0.4, -0.2) is 42.9 Å². The summed E-state index contributed by atoms with van der Waals surface area (Å²) in [5.41, 5.74) is 1.56. The van der Waals surface area contributed by atoms with Crippen molar-refractivity contribution in [3.05, 3.63) is 70.5 Å². The van der Waals surface area contributed by atoms with Crippen molar-refractivity contribution in [3.8, 4) is 0 Å². The Hall–Kier alpha value is -3.06. The number of carbonyl (C=O) groups is 3. The Morgan fingerprint density at radius 2 is 1.79 bits per heavy atom. The molecule has 1 heterocycles. The molecule has 28 heavy (non-hydrogen) atoms. The van der Waals surface area contributed by atoms with Gasteiger partial charge in [0.2, 0.25) is 0 Å². The fraction of sp³-hybridized carbons (Fsp3) is 0.286. The lowest BCUT2D eigenvalue weighted by atomic mass is 10.0. The third-order valence-corrected chi connectivity index (χ3v) is 4.68. The van der Waals surface area contributed by atoms with E-state index in [1.807, 2.05) is 0 Å². The summed E-state index contributed by atoms with van der Waals surface area (Å²) < 4.78 is 18.0. The van der Waals surface area contributed by atoms with Gasteiger partial charge in [-0.15, -0.1) is 0 Å². The number of halogens is 1. The van der Waals surface area contributed by atoms with Gasteiger partial charge in [-0.1, -0.05) is 12.1 Å². The first kappa shape index (κ1) is 19.7. The van der Waals surface area contributed by atoms with E-state index in [-0.39, 0.29) is 41.3 Å². The summed E-state index contributed by atoms with van der Waals surface area (Å²) in [5.74, 6) is -1.49. The van der Waals surface area contributed by atoms with Gasteiger partial charge in [-0.05, 0) is 49.2 Å². The highest BCUT2D eigenvalue weighted by Crippen LogP contribution is 2.24. The van der Waals surface area contributed by atoms with Crippen LogP contribution in [0.3, 0.4) is 0 Å². The standard InChI is InChI=1S/C21H21FN2O4/c1-13(14-4-7-16(22)8-5-14)23-19(25)15-6-9-17-18(12-15)21(27)24(20(17)26)10-3-11-28-2/h4-9,12-13H,3,10-11H2,1-2H3,(H,23,25)/t13-/m1/s1. The summed E-state index contributed by atoms with van der Waals surface area (Å²) in [5, 5.41) is 2.81. The number of hydrogen-bond acceptors (Lipinski definition) is 4. The number of carbonyl (C=O) groups excluding carboxylic acids is 3. The highest BCUT2D eigenvalue weighted by atomic mass is 19.1. The zero-order valence-electron chi connectivity index (χ0n) is 15.7. The zero-order chi connectivity index (χ0) is 20.3. The molecule has 0 bridgehead atoms. The maximum atomic E-state index is 13.0. The zero-order valence-corrected chi connectivity index (χ0v) is 15.7. The van der Waals surface area contributed by atoms with Crippen LogP contribution in [0.2, 0.25) is 0 Å². The Morgan fingerprint density at radius 3 is 2.46 bits per heavy atom. The molecule has 0 saturated heterocycles. The molecule has 0 aromatic heterocycles. The van der Waals surface area contributed by atoms with E-state index >= 15 is 0 Å². The summed E-state index contributed by atoms with van der Waals surface area (Å²) in [4.78, 5) is 38.7. The minimum absolute atomic E-state index is 0.226. The van der Waals surface area contributed by atoms with Crippen LogP contribution < -0.4 is 5.32 Å². The molecular weight excluding hydrogens is 363 g/mol. The second-order valence-electron chi connectivity index (χ2n) is 6.62. The van der Waals surface area contributed by atoms with Crippen LogP contribution in [0.15, 0.2) is 42.5 Å². The molecule has 146 valence electrons. The maximum Gasteiger partial charge on any atom is 0.261 e. The first-order valence-electron chi connectivity index (χ1n) is 8.98. The minimum atomic E-state index is -0.405. The van der Waals surface area contributed by atoms with Crippen molar-refractivity contribution >= 4 is 17.7 Å². The number of nitrogens with zero attached hydrogens (tertiary/aromatic N) is 1. The van der Waals surface area contributed by atoms with Gasteiger partial charge < -0.3 is 10.1 Å². The quantitative estimate of drug-likeness (QED) is 0.588. The number of amides is 3. The molecule has 0 unspecified atom stereocenters. The van der Waals surface area contributed by atoms with E-state index in [2.05, 4.69) is 5.32 Å². The molecule has 0 spiro atoms. The molecule has 0 fully saturated rings. The molecule has 0 saturated carbocycles. The largest absolute Gasteiger partial charge is 0.385 e. The van der Waals surface area contributed by atoms with Gasteiger partial charge in [0, 0.05) is 25.8 Å². The molecule has 0 aliphatic carbocycles. The molecular formula is C21H21FN2O4. The van der Waals surface area contributed by atoms with Crippen LogP contribution in [-0.2, 0) is 4.74 Å². The molecule has 3 rings (SSSR count). The van der Waals surface area contributed by atoms with Gasteiger partial charge >= 0.3 is 0 Å². The lowest BCUT2D eigenvalue weighted by Gasteiger charge is -2.14. The first-order chi connectivity index (χ1) is 13.4. The van der Waals surface area contributed by atoms with Gasteiger partial charge in [-0.3, -0.25) is 19.3 Å². The van der Waals surface area contributed by atoms with Crippen molar-refractivity contribution in [2.45, 2.75) is 19.4 Å². The normalized spacial score (nSPS) is 14.2. The SMILES string of the molecule is COCCCN1C(=O)c2ccc(C(=O)N[C@H](C)c3ccc(F)cc3)cc2C1=O. The molecule has 7 heteroatoms. The molecule has 1 atom stereocenters. The first-order valence-corrected chi connectivity index (χ1v) is 8.98. The lowest BCUT2D eigenvalue weighted by Crippen LogP contribution is -2.31. The van der Waals surface area contributed by atoms with Crippen LogP contribution in [0.25, 0.3) is 0 Å². The minimum Gasteiger partial charge on any atom is -0.385 e. The summed E-state index contributed by atoms with van der Waals surface area (Å²) in [6.45, 7) is 2.50. The van der Waals surface area contributed by atoms with Crippen molar-refractivity contribution < 1.29 is 23.5 Å². The molecule has 0 radical (unpaired) electrons. The van der Waals surface area contributed by atoms with Gasteiger partial charge in [0.15, 0.2) is 0 Å². The summed E-state index contributed by atoms with van der Waals surface area (Å²) >= 11 is 0. The molecule has 3 amide bonds. The van der Waals surface area contributed by atoms with E-state index < -0.39 is 5.91 Å². The number of nitrogens with one attached hydrogen (secondary N) is 1. The smallest absolute Gasteiger partial charge is 0.261 e. The average Bonchev–Trinajstić information content (AvgIpc) is 2.93. The van der Waals surface area contributed by atoms with Crippen molar-refractivity contribution in [1.29, 1.82) is 0 Å². The topological polar surface area (TPSA) is 75.7 Å². The van der Waals surface area contributed by atoms with E-state index in [4.69, 9.17) is 4.74 Å². The fourth-order valence-corrected chi connectivity index (χ4v) is 3.12. The predicted octanol–water partition coefficient (Wildman–Crippen LogP) is 2.95. The van der Waals surface area contributed by atoms with E-state index in [0.29, 0.717) is 18.6 Å². The van der Waals surface area contributed by atoms with E-state index in [0.717, 1.165) is 5.56 Å². The average molecular weight is 384 g/mol.